The van der Waals surface area contributed by atoms with Crippen LogP contribution in [0.15, 0.2) is 53.4 Å². The molecule has 0 aliphatic heterocycles. The van der Waals surface area contributed by atoms with Gasteiger partial charge in [0.05, 0.1) is 11.4 Å². The van der Waals surface area contributed by atoms with Gasteiger partial charge in [-0.05, 0) is 41.8 Å². The highest BCUT2D eigenvalue weighted by Crippen LogP contribution is 2.23. The van der Waals surface area contributed by atoms with E-state index in [1.165, 1.54) is 12.1 Å². The third-order valence-electron chi connectivity index (χ3n) is 3.92. The van der Waals surface area contributed by atoms with E-state index in [9.17, 15) is 13.2 Å². The van der Waals surface area contributed by atoms with Crippen LogP contribution in [-0.4, -0.2) is 27.1 Å². The molecule has 0 radical (unpaired) electrons. The Morgan fingerprint density at radius 2 is 1.77 bits per heavy atom. The lowest BCUT2D eigenvalue weighted by Crippen LogP contribution is -2.33. The maximum Gasteiger partial charge on any atom is 0.238 e. The minimum atomic E-state index is -3.32. The van der Waals surface area contributed by atoms with Gasteiger partial charge in [-0.1, -0.05) is 43.6 Å². The van der Waals surface area contributed by atoms with E-state index < -0.39 is 9.84 Å². The molecule has 2 rings (SSSR count). The van der Waals surface area contributed by atoms with Crippen LogP contribution in [-0.2, 0) is 14.6 Å². The van der Waals surface area contributed by atoms with E-state index in [0.717, 1.165) is 11.8 Å². The van der Waals surface area contributed by atoms with Crippen LogP contribution in [0.2, 0.25) is 5.02 Å². The standard InChI is InChI=1S/C19H23ClN2O3S/c1-13(2)19(14-7-9-15(20)10-8-14)21-12-18(23)22-16-5-4-6-17(11-16)26(3,24)25/h4-11,13,19,21H,12H2,1-3H3,(H,22,23). The predicted molar refractivity (Wildman–Crippen MR) is 105 cm³/mol. The molecule has 140 valence electrons. The number of halogens is 1. The summed E-state index contributed by atoms with van der Waals surface area (Å²) in [5, 5.41) is 6.64. The smallest absolute Gasteiger partial charge is 0.238 e. The number of benzene rings is 2. The SMILES string of the molecule is CC(C)C(NCC(=O)Nc1cccc(S(C)(=O)=O)c1)c1ccc(Cl)cc1. The Morgan fingerprint density at radius 3 is 2.35 bits per heavy atom. The molecule has 2 aromatic rings. The lowest BCUT2D eigenvalue weighted by atomic mass is 9.96. The molecule has 2 aromatic carbocycles. The lowest BCUT2D eigenvalue weighted by Gasteiger charge is -2.23. The van der Waals surface area contributed by atoms with E-state index in [1.807, 2.05) is 24.3 Å². The first-order valence-electron chi connectivity index (χ1n) is 8.25. The van der Waals surface area contributed by atoms with Gasteiger partial charge in [-0.25, -0.2) is 8.42 Å². The van der Waals surface area contributed by atoms with Gasteiger partial charge in [-0.2, -0.15) is 0 Å². The summed E-state index contributed by atoms with van der Waals surface area (Å²) in [7, 11) is -3.32. The summed E-state index contributed by atoms with van der Waals surface area (Å²) in [6.45, 7) is 4.24. The van der Waals surface area contributed by atoms with Crippen molar-refractivity contribution in [2.45, 2.75) is 24.8 Å². The number of anilines is 1. The molecular weight excluding hydrogens is 372 g/mol. The molecule has 0 aliphatic carbocycles. The molecule has 1 amide bonds. The number of nitrogens with one attached hydrogen (secondary N) is 2. The summed E-state index contributed by atoms with van der Waals surface area (Å²) in [6, 6.07) is 13.7. The molecule has 0 heterocycles. The molecule has 0 spiro atoms. The number of carbonyl (C=O) groups excluding carboxylic acids is 1. The summed E-state index contributed by atoms with van der Waals surface area (Å²) in [5.41, 5.74) is 1.50. The van der Waals surface area contributed by atoms with Crippen LogP contribution in [0.5, 0.6) is 0 Å². The van der Waals surface area contributed by atoms with Crippen LogP contribution in [0.4, 0.5) is 5.69 Å². The van der Waals surface area contributed by atoms with Crippen molar-refractivity contribution >= 4 is 33.0 Å². The highest BCUT2D eigenvalue weighted by atomic mass is 35.5. The van der Waals surface area contributed by atoms with Crippen LogP contribution in [0, 0.1) is 5.92 Å². The molecule has 5 nitrogen and oxygen atoms in total. The Balaban J connectivity index is 2.02. The minimum absolute atomic E-state index is 0.000343. The third-order valence-corrected chi connectivity index (χ3v) is 5.29. The molecule has 1 unspecified atom stereocenters. The first kappa shape index (κ1) is 20.4. The van der Waals surface area contributed by atoms with Gasteiger partial charge in [0.15, 0.2) is 9.84 Å². The van der Waals surface area contributed by atoms with Crippen molar-refractivity contribution < 1.29 is 13.2 Å². The molecule has 0 fully saturated rings. The fourth-order valence-corrected chi connectivity index (χ4v) is 3.41. The quantitative estimate of drug-likeness (QED) is 0.751. The van der Waals surface area contributed by atoms with Crippen molar-refractivity contribution in [1.82, 2.24) is 5.32 Å². The van der Waals surface area contributed by atoms with E-state index in [-0.39, 0.29) is 29.3 Å². The summed E-state index contributed by atoms with van der Waals surface area (Å²) in [5.74, 6) is 0.0350. The van der Waals surface area contributed by atoms with Gasteiger partial charge < -0.3 is 10.6 Å². The van der Waals surface area contributed by atoms with E-state index in [4.69, 9.17) is 11.6 Å². The zero-order valence-electron chi connectivity index (χ0n) is 15.0. The number of sulfone groups is 1. The van der Waals surface area contributed by atoms with Crippen LogP contribution in [0.1, 0.15) is 25.5 Å². The second-order valence-electron chi connectivity index (χ2n) is 6.50. The van der Waals surface area contributed by atoms with E-state index in [0.29, 0.717) is 10.7 Å². The maximum absolute atomic E-state index is 12.2. The molecular formula is C19H23ClN2O3S. The summed E-state index contributed by atoms with van der Waals surface area (Å²) >= 11 is 5.93. The van der Waals surface area contributed by atoms with Crippen molar-refractivity contribution in [2.75, 3.05) is 18.1 Å². The maximum atomic E-state index is 12.2. The van der Waals surface area contributed by atoms with Gasteiger partial charge in [0.2, 0.25) is 5.91 Å². The van der Waals surface area contributed by atoms with Gasteiger partial charge in [0, 0.05) is 23.0 Å². The number of amides is 1. The highest BCUT2D eigenvalue weighted by Gasteiger charge is 2.17. The van der Waals surface area contributed by atoms with E-state index >= 15 is 0 Å². The third kappa shape index (κ3) is 5.83. The van der Waals surface area contributed by atoms with Crippen LogP contribution in [0.25, 0.3) is 0 Å². The molecule has 0 aliphatic rings. The average Bonchev–Trinajstić information content (AvgIpc) is 2.56. The van der Waals surface area contributed by atoms with Gasteiger partial charge in [0.25, 0.3) is 0 Å². The zero-order valence-corrected chi connectivity index (χ0v) is 16.6. The predicted octanol–water partition coefficient (Wildman–Crippen LogP) is 3.67. The van der Waals surface area contributed by atoms with Gasteiger partial charge in [-0.3, -0.25) is 4.79 Å². The number of rotatable bonds is 7. The Kier molecular flexibility index (Phi) is 6.81. The van der Waals surface area contributed by atoms with E-state index in [1.54, 1.807) is 12.1 Å². The van der Waals surface area contributed by atoms with Crippen molar-refractivity contribution in [3.8, 4) is 0 Å². The monoisotopic (exact) mass is 394 g/mol. The van der Waals surface area contributed by atoms with Crippen molar-refractivity contribution in [3.63, 3.8) is 0 Å². The molecule has 0 saturated carbocycles. The first-order valence-corrected chi connectivity index (χ1v) is 10.5. The van der Waals surface area contributed by atoms with Crippen molar-refractivity contribution in [3.05, 3.63) is 59.1 Å². The zero-order chi connectivity index (χ0) is 19.3. The Hall–Kier alpha value is -1.89. The normalized spacial score (nSPS) is 12.8. The average molecular weight is 395 g/mol. The Labute approximate surface area is 159 Å². The second-order valence-corrected chi connectivity index (χ2v) is 8.95. The van der Waals surface area contributed by atoms with Crippen LogP contribution < -0.4 is 10.6 Å². The largest absolute Gasteiger partial charge is 0.325 e. The Morgan fingerprint density at radius 1 is 1.12 bits per heavy atom. The number of carbonyl (C=O) groups is 1. The molecule has 0 aromatic heterocycles. The minimum Gasteiger partial charge on any atom is -0.325 e. The van der Waals surface area contributed by atoms with Crippen molar-refractivity contribution in [2.24, 2.45) is 5.92 Å². The molecule has 0 saturated heterocycles. The van der Waals surface area contributed by atoms with Crippen LogP contribution in [0.3, 0.4) is 0 Å². The second kappa shape index (κ2) is 8.66. The van der Waals surface area contributed by atoms with Gasteiger partial charge in [0.1, 0.15) is 0 Å². The summed E-state index contributed by atoms with van der Waals surface area (Å²) < 4.78 is 23.2. The molecule has 1 atom stereocenters. The van der Waals surface area contributed by atoms with Crippen LogP contribution >= 0.6 is 11.6 Å². The lowest BCUT2D eigenvalue weighted by molar-refractivity contribution is -0.115. The summed E-state index contributed by atoms with van der Waals surface area (Å²) in [4.78, 5) is 12.4. The number of hydrogen-bond acceptors (Lipinski definition) is 4. The number of hydrogen-bond donors (Lipinski definition) is 2. The van der Waals surface area contributed by atoms with Crippen molar-refractivity contribution in [1.29, 1.82) is 0 Å². The van der Waals surface area contributed by atoms with Gasteiger partial charge in [-0.15, -0.1) is 0 Å². The topological polar surface area (TPSA) is 75.3 Å². The van der Waals surface area contributed by atoms with Gasteiger partial charge >= 0.3 is 0 Å². The summed E-state index contributed by atoms with van der Waals surface area (Å²) in [6.07, 6.45) is 1.13. The highest BCUT2D eigenvalue weighted by molar-refractivity contribution is 7.90. The fourth-order valence-electron chi connectivity index (χ4n) is 2.62. The first-order chi connectivity index (χ1) is 12.2. The van der Waals surface area contributed by atoms with E-state index in [2.05, 4.69) is 24.5 Å². The molecule has 0 bridgehead atoms. The fraction of sp³-hybridized carbons (Fsp3) is 0.316. The molecule has 7 heteroatoms. The molecule has 26 heavy (non-hydrogen) atoms. The molecule has 2 N–H and O–H groups in total. The Bertz CT molecular complexity index is 865.